The zero-order chi connectivity index (χ0) is 20.5. The van der Waals surface area contributed by atoms with Crippen LogP contribution in [0.15, 0.2) is 79.0 Å². The lowest BCUT2D eigenvalue weighted by Crippen LogP contribution is -2.24. The van der Waals surface area contributed by atoms with E-state index in [9.17, 15) is 4.79 Å². The molecule has 0 saturated heterocycles. The van der Waals surface area contributed by atoms with E-state index in [1.54, 1.807) is 0 Å². The summed E-state index contributed by atoms with van der Waals surface area (Å²) in [6.45, 7) is 0.261. The Morgan fingerprint density at radius 2 is 1.77 bits per heavy atom. The second-order valence-corrected chi connectivity index (χ2v) is 7.24. The van der Waals surface area contributed by atoms with Gasteiger partial charge in [0.1, 0.15) is 0 Å². The zero-order valence-electron chi connectivity index (χ0n) is 15.8. The summed E-state index contributed by atoms with van der Waals surface area (Å²) in [6.07, 6.45) is 1.87. The molecule has 1 N–H and O–H groups in total. The molecular weight excluding hydrogens is 398 g/mol. The third kappa shape index (κ3) is 3.38. The second kappa shape index (κ2) is 7.57. The number of pyridine rings is 2. The van der Waals surface area contributed by atoms with Crippen LogP contribution in [0.25, 0.3) is 27.8 Å². The summed E-state index contributed by atoms with van der Waals surface area (Å²) in [5.41, 5.74) is 3.65. The average Bonchev–Trinajstić information content (AvgIpc) is 3.20. The summed E-state index contributed by atoms with van der Waals surface area (Å²) in [7, 11) is 0. The number of halogens is 1. The van der Waals surface area contributed by atoms with Crippen LogP contribution in [-0.2, 0) is 6.54 Å². The van der Waals surface area contributed by atoms with Gasteiger partial charge in [-0.05, 0) is 36.4 Å². The van der Waals surface area contributed by atoms with Crippen LogP contribution in [0, 0.1) is 0 Å². The van der Waals surface area contributed by atoms with Crippen LogP contribution in [0.2, 0.25) is 5.02 Å². The van der Waals surface area contributed by atoms with Crippen molar-refractivity contribution >= 4 is 34.1 Å². The molecule has 0 aliphatic carbocycles. The van der Waals surface area contributed by atoms with Crippen LogP contribution in [0.1, 0.15) is 16.2 Å². The fraction of sp³-hybridized carbons (Fsp3) is 0.0435. The lowest BCUT2D eigenvalue weighted by Gasteiger charge is -2.10. The molecule has 0 saturated carbocycles. The quantitative estimate of drug-likeness (QED) is 0.470. The van der Waals surface area contributed by atoms with Crippen molar-refractivity contribution in [2.75, 3.05) is 0 Å². The first-order valence-corrected chi connectivity index (χ1v) is 9.79. The number of hydrogen-bond donors (Lipinski definition) is 1. The number of para-hydroxylation sites is 1. The minimum atomic E-state index is -0.198. The Morgan fingerprint density at radius 1 is 0.967 bits per heavy atom. The van der Waals surface area contributed by atoms with Crippen molar-refractivity contribution in [3.05, 3.63) is 95.4 Å². The number of nitrogens with zero attached hydrogens (tertiary/aromatic N) is 4. The van der Waals surface area contributed by atoms with Crippen LogP contribution in [0.3, 0.4) is 0 Å². The molecule has 0 aliphatic rings. The summed E-state index contributed by atoms with van der Waals surface area (Å²) < 4.78 is 1.85. The zero-order valence-corrected chi connectivity index (χ0v) is 16.5. The third-order valence-corrected chi connectivity index (χ3v) is 5.14. The molecule has 3 aromatic heterocycles. The minimum absolute atomic E-state index is 0.198. The molecule has 146 valence electrons. The minimum Gasteiger partial charge on any atom is -0.345 e. The predicted molar refractivity (Wildman–Crippen MR) is 116 cm³/mol. The molecule has 0 atom stereocenters. The molecule has 3 heterocycles. The van der Waals surface area contributed by atoms with Crippen molar-refractivity contribution < 1.29 is 4.79 Å². The van der Waals surface area contributed by atoms with E-state index in [0.29, 0.717) is 22.1 Å². The number of nitrogens with one attached hydrogen (secondary N) is 1. The first kappa shape index (κ1) is 18.3. The van der Waals surface area contributed by atoms with Gasteiger partial charge in [0.15, 0.2) is 11.5 Å². The van der Waals surface area contributed by atoms with E-state index >= 15 is 0 Å². The van der Waals surface area contributed by atoms with Crippen LogP contribution in [0.4, 0.5) is 0 Å². The number of hydrogen-bond acceptors (Lipinski definition) is 4. The molecule has 5 rings (SSSR count). The number of amides is 1. The summed E-state index contributed by atoms with van der Waals surface area (Å²) in [4.78, 5) is 17.8. The summed E-state index contributed by atoms with van der Waals surface area (Å²) in [5.74, 6) is 0.465. The Kier molecular flexibility index (Phi) is 4.61. The van der Waals surface area contributed by atoms with Crippen molar-refractivity contribution in [3.8, 4) is 11.3 Å². The highest BCUT2D eigenvalue weighted by molar-refractivity contribution is 6.30. The molecular formula is C23H16ClN5O. The monoisotopic (exact) mass is 413 g/mol. The molecule has 30 heavy (non-hydrogen) atoms. The van der Waals surface area contributed by atoms with Gasteiger partial charge in [-0.1, -0.05) is 48.0 Å². The molecule has 0 spiro atoms. The highest BCUT2D eigenvalue weighted by atomic mass is 35.5. The fourth-order valence-corrected chi connectivity index (χ4v) is 3.52. The van der Waals surface area contributed by atoms with Crippen LogP contribution >= 0.6 is 11.6 Å². The Labute approximate surface area is 177 Å². The van der Waals surface area contributed by atoms with E-state index in [1.807, 2.05) is 83.4 Å². The Hall–Kier alpha value is -3.77. The van der Waals surface area contributed by atoms with Crippen LogP contribution in [-0.4, -0.2) is 25.5 Å². The molecule has 6 nitrogen and oxygen atoms in total. The van der Waals surface area contributed by atoms with E-state index in [0.717, 1.165) is 22.1 Å². The molecule has 0 unspecified atom stereocenters. The smallest absolute Gasteiger partial charge is 0.252 e. The first-order chi connectivity index (χ1) is 14.7. The Bertz CT molecular complexity index is 1380. The molecule has 2 aromatic carbocycles. The van der Waals surface area contributed by atoms with Gasteiger partial charge in [0.2, 0.25) is 0 Å². The van der Waals surface area contributed by atoms with Crippen molar-refractivity contribution in [3.63, 3.8) is 0 Å². The molecule has 5 aromatic rings. The van der Waals surface area contributed by atoms with Crippen LogP contribution < -0.4 is 5.32 Å². The number of benzene rings is 2. The van der Waals surface area contributed by atoms with Gasteiger partial charge in [0.05, 0.1) is 23.3 Å². The molecule has 7 heteroatoms. The maximum atomic E-state index is 13.1. The predicted octanol–water partition coefficient (Wildman–Crippen LogP) is 4.53. The molecule has 0 aliphatic heterocycles. The Balaban J connectivity index is 1.50. The van der Waals surface area contributed by atoms with E-state index in [-0.39, 0.29) is 12.5 Å². The average molecular weight is 414 g/mol. The lowest BCUT2D eigenvalue weighted by molar-refractivity contribution is 0.0951. The van der Waals surface area contributed by atoms with Crippen molar-refractivity contribution in [2.24, 2.45) is 0 Å². The molecule has 1 amide bonds. The largest absolute Gasteiger partial charge is 0.345 e. The topological polar surface area (TPSA) is 72.2 Å². The second-order valence-electron chi connectivity index (χ2n) is 6.81. The number of carbonyl (C=O) groups is 1. The van der Waals surface area contributed by atoms with Crippen LogP contribution in [0.5, 0.6) is 0 Å². The van der Waals surface area contributed by atoms with E-state index < -0.39 is 0 Å². The highest BCUT2D eigenvalue weighted by Crippen LogP contribution is 2.26. The maximum Gasteiger partial charge on any atom is 0.252 e. The van der Waals surface area contributed by atoms with Gasteiger partial charge in [0.25, 0.3) is 5.91 Å². The summed E-state index contributed by atoms with van der Waals surface area (Å²) in [5, 5.41) is 12.7. The highest BCUT2D eigenvalue weighted by Gasteiger charge is 2.15. The van der Waals surface area contributed by atoms with Gasteiger partial charge < -0.3 is 5.32 Å². The SMILES string of the molecule is O=C(NCc1nnc2ccccn12)c1cc(-c2ccc(Cl)cc2)nc2ccccc12. The van der Waals surface area contributed by atoms with E-state index in [2.05, 4.69) is 15.5 Å². The van der Waals surface area contributed by atoms with E-state index in [1.165, 1.54) is 0 Å². The van der Waals surface area contributed by atoms with Gasteiger partial charge >= 0.3 is 0 Å². The third-order valence-electron chi connectivity index (χ3n) is 4.89. The lowest BCUT2D eigenvalue weighted by atomic mass is 10.0. The van der Waals surface area contributed by atoms with Gasteiger partial charge in [0, 0.05) is 22.2 Å². The van der Waals surface area contributed by atoms with Gasteiger partial charge in [-0.3, -0.25) is 9.20 Å². The molecule has 0 fully saturated rings. The van der Waals surface area contributed by atoms with Crippen molar-refractivity contribution in [2.45, 2.75) is 6.54 Å². The standard InChI is InChI=1S/C23H16ClN5O/c24-16-10-8-15(9-11-16)20-13-18(17-5-1-2-6-19(17)26-20)23(30)25-14-22-28-27-21-7-3-4-12-29(21)22/h1-13H,14H2,(H,25,30). The molecule has 0 radical (unpaired) electrons. The van der Waals surface area contributed by atoms with Gasteiger partial charge in [-0.15, -0.1) is 10.2 Å². The first-order valence-electron chi connectivity index (χ1n) is 9.41. The summed E-state index contributed by atoms with van der Waals surface area (Å²) >= 11 is 6.01. The normalized spacial score (nSPS) is 11.1. The van der Waals surface area contributed by atoms with Gasteiger partial charge in [-0.2, -0.15) is 0 Å². The van der Waals surface area contributed by atoms with Crippen molar-refractivity contribution in [1.29, 1.82) is 0 Å². The fourth-order valence-electron chi connectivity index (χ4n) is 3.40. The number of aromatic nitrogens is 4. The maximum absolute atomic E-state index is 13.1. The number of carbonyl (C=O) groups excluding carboxylic acids is 1. The number of fused-ring (bicyclic) bond motifs is 2. The molecule has 0 bridgehead atoms. The van der Waals surface area contributed by atoms with Gasteiger partial charge in [-0.25, -0.2) is 4.98 Å². The van der Waals surface area contributed by atoms with Crippen molar-refractivity contribution in [1.82, 2.24) is 24.9 Å². The Morgan fingerprint density at radius 3 is 2.63 bits per heavy atom. The van der Waals surface area contributed by atoms with E-state index in [4.69, 9.17) is 16.6 Å². The number of rotatable bonds is 4. The summed E-state index contributed by atoms with van der Waals surface area (Å²) in [6, 6.07) is 22.5.